The number of hydrogen-bond acceptors (Lipinski definition) is 6. The normalized spacial score (nSPS) is 16.8. The minimum Gasteiger partial charge on any atom is -0.396 e. The Hall–Kier alpha value is -2.24. The molecule has 6 nitrogen and oxygen atoms in total. The van der Waals surface area contributed by atoms with E-state index in [0.29, 0.717) is 28.7 Å². The minimum absolute atomic E-state index is 0.0358. The van der Waals surface area contributed by atoms with E-state index in [9.17, 15) is 19.6 Å². The lowest BCUT2D eigenvalue weighted by molar-refractivity contribution is 0.217. The number of rotatable bonds is 2. The Morgan fingerprint density at radius 1 is 1.50 bits per heavy atom. The van der Waals surface area contributed by atoms with Crippen molar-refractivity contribution < 1.29 is 9.50 Å². The summed E-state index contributed by atoms with van der Waals surface area (Å²) in [4.78, 5) is 21.3. The van der Waals surface area contributed by atoms with Gasteiger partial charge < -0.3 is 5.11 Å². The van der Waals surface area contributed by atoms with Crippen LogP contribution in [0.3, 0.4) is 0 Å². The van der Waals surface area contributed by atoms with Crippen LogP contribution in [0.25, 0.3) is 11.3 Å². The zero-order valence-electron chi connectivity index (χ0n) is 14.8. The van der Waals surface area contributed by atoms with E-state index in [0.717, 1.165) is 0 Å². The van der Waals surface area contributed by atoms with Gasteiger partial charge in [-0.2, -0.15) is 5.26 Å². The van der Waals surface area contributed by atoms with Gasteiger partial charge in [-0.1, -0.05) is 32.5 Å². The first-order valence-electron chi connectivity index (χ1n) is 8.21. The number of aliphatic hydroxyl groups excluding tert-OH is 1. The second-order valence-corrected chi connectivity index (χ2v) is 8.30. The molecule has 0 saturated heterocycles. The molecule has 0 amide bonds. The Balaban J connectivity index is 2.15. The van der Waals surface area contributed by atoms with Crippen molar-refractivity contribution in [3.63, 3.8) is 0 Å². The SMILES string of the molecule is CC(C)(C)c1ncc(-c2nc3n(c(=O)c2C#N)C[C@@H](CO)CS3)cc1F. The third-order valence-corrected chi connectivity index (χ3v) is 5.43. The summed E-state index contributed by atoms with van der Waals surface area (Å²) in [6, 6.07) is 3.17. The first kappa shape index (κ1) is 18.5. The fourth-order valence-electron chi connectivity index (χ4n) is 2.85. The van der Waals surface area contributed by atoms with Gasteiger partial charge in [0.2, 0.25) is 0 Å². The number of fused-ring (bicyclic) bond motifs is 1. The molecular weight excluding hydrogens is 355 g/mol. The van der Waals surface area contributed by atoms with Gasteiger partial charge in [-0.25, -0.2) is 9.37 Å². The summed E-state index contributed by atoms with van der Waals surface area (Å²) < 4.78 is 15.9. The number of aromatic nitrogens is 3. The summed E-state index contributed by atoms with van der Waals surface area (Å²) in [7, 11) is 0. The highest BCUT2D eigenvalue weighted by molar-refractivity contribution is 7.99. The number of aliphatic hydroxyl groups is 1. The third-order valence-electron chi connectivity index (χ3n) is 4.22. The van der Waals surface area contributed by atoms with E-state index in [4.69, 9.17) is 0 Å². The summed E-state index contributed by atoms with van der Waals surface area (Å²) in [5.41, 5.74) is -0.313. The predicted octanol–water partition coefficient (Wildman–Crippen LogP) is 2.33. The Labute approximate surface area is 154 Å². The van der Waals surface area contributed by atoms with Crippen LogP contribution >= 0.6 is 11.8 Å². The van der Waals surface area contributed by atoms with Crippen LogP contribution in [0.1, 0.15) is 32.0 Å². The summed E-state index contributed by atoms with van der Waals surface area (Å²) in [6.45, 7) is 5.85. The highest BCUT2D eigenvalue weighted by Crippen LogP contribution is 2.30. The minimum atomic E-state index is -0.494. The van der Waals surface area contributed by atoms with Gasteiger partial charge >= 0.3 is 0 Å². The molecule has 1 atom stereocenters. The molecule has 0 aliphatic carbocycles. The van der Waals surface area contributed by atoms with Crippen molar-refractivity contribution in [2.75, 3.05) is 12.4 Å². The molecule has 1 aliphatic rings. The van der Waals surface area contributed by atoms with E-state index in [-0.39, 0.29) is 23.8 Å². The number of hydrogen-bond donors (Lipinski definition) is 1. The van der Waals surface area contributed by atoms with Crippen LogP contribution in [0.2, 0.25) is 0 Å². The van der Waals surface area contributed by atoms with Crippen LogP contribution in [0, 0.1) is 23.1 Å². The lowest BCUT2D eigenvalue weighted by atomic mass is 9.90. The van der Waals surface area contributed by atoms with Gasteiger partial charge in [0, 0.05) is 42.0 Å². The average molecular weight is 374 g/mol. The lowest BCUT2D eigenvalue weighted by Gasteiger charge is -2.24. The molecule has 8 heteroatoms. The van der Waals surface area contributed by atoms with E-state index in [1.54, 1.807) is 0 Å². The van der Waals surface area contributed by atoms with Crippen LogP contribution in [0.5, 0.6) is 0 Å². The zero-order valence-corrected chi connectivity index (χ0v) is 15.6. The van der Waals surface area contributed by atoms with E-state index in [1.807, 2.05) is 26.8 Å². The van der Waals surface area contributed by atoms with Crippen molar-refractivity contribution in [3.8, 4) is 17.3 Å². The summed E-state index contributed by atoms with van der Waals surface area (Å²) >= 11 is 1.34. The second-order valence-electron chi connectivity index (χ2n) is 7.31. The number of halogens is 1. The Bertz CT molecular complexity index is 959. The van der Waals surface area contributed by atoms with E-state index in [2.05, 4.69) is 9.97 Å². The van der Waals surface area contributed by atoms with Crippen molar-refractivity contribution in [1.82, 2.24) is 14.5 Å². The van der Waals surface area contributed by atoms with E-state index >= 15 is 0 Å². The highest BCUT2D eigenvalue weighted by atomic mass is 32.2. The molecule has 0 saturated carbocycles. The van der Waals surface area contributed by atoms with Crippen molar-refractivity contribution in [2.24, 2.45) is 5.92 Å². The molecule has 1 aliphatic heterocycles. The van der Waals surface area contributed by atoms with Gasteiger partial charge in [0.05, 0.1) is 11.4 Å². The number of nitrogens with zero attached hydrogens (tertiary/aromatic N) is 4. The quantitative estimate of drug-likeness (QED) is 0.811. The van der Waals surface area contributed by atoms with E-state index in [1.165, 1.54) is 28.6 Å². The first-order valence-corrected chi connectivity index (χ1v) is 9.19. The molecule has 0 spiro atoms. The number of nitriles is 1. The van der Waals surface area contributed by atoms with Crippen molar-refractivity contribution in [1.29, 1.82) is 5.26 Å². The maximum absolute atomic E-state index is 14.5. The molecular formula is C18H19FN4O2S. The van der Waals surface area contributed by atoms with Gasteiger partial charge in [-0.05, 0) is 6.07 Å². The number of pyridine rings is 1. The van der Waals surface area contributed by atoms with Crippen LogP contribution in [-0.4, -0.2) is 32.0 Å². The molecule has 0 bridgehead atoms. The summed E-state index contributed by atoms with van der Waals surface area (Å²) in [5.74, 6) is 0.0743. The van der Waals surface area contributed by atoms with Crippen LogP contribution in [0.15, 0.2) is 22.2 Å². The van der Waals surface area contributed by atoms with Crippen molar-refractivity contribution >= 4 is 11.8 Å². The molecule has 3 rings (SSSR count). The van der Waals surface area contributed by atoms with Gasteiger partial charge in [0.25, 0.3) is 5.56 Å². The molecule has 26 heavy (non-hydrogen) atoms. The van der Waals surface area contributed by atoms with Crippen molar-refractivity contribution in [3.05, 3.63) is 39.7 Å². The highest BCUT2D eigenvalue weighted by Gasteiger charge is 2.26. The molecule has 136 valence electrons. The summed E-state index contributed by atoms with van der Waals surface area (Å²) in [6.07, 6.45) is 1.45. The maximum atomic E-state index is 14.5. The molecule has 0 fully saturated rings. The Morgan fingerprint density at radius 3 is 2.81 bits per heavy atom. The standard InChI is InChI=1S/C18H19FN4O2S/c1-18(2,3)15-13(19)4-11(6-21-15)14-12(5-20)16(25)23-7-10(8-24)9-26-17(23)22-14/h4,6,10,24H,7-9H2,1-3H3/t10-/m0/s1. The molecule has 3 heterocycles. The van der Waals surface area contributed by atoms with Crippen LogP contribution in [-0.2, 0) is 12.0 Å². The molecule has 0 radical (unpaired) electrons. The topological polar surface area (TPSA) is 91.8 Å². The van der Waals surface area contributed by atoms with Gasteiger partial charge in [-0.15, -0.1) is 0 Å². The molecule has 1 N–H and O–H groups in total. The Morgan fingerprint density at radius 2 is 2.23 bits per heavy atom. The average Bonchev–Trinajstić information content (AvgIpc) is 2.60. The second kappa shape index (κ2) is 6.82. The predicted molar refractivity (Wildman–Crippen MR) is 96.4 cm³/mol. The van der Waals surface area contributed by atoms with Gasteiger partial charge in [0.15, 0.2) is 5.16 Å². The molecule has 2 aromatic rings. The molecule has 0 aromatic carbocycles. The monoisotopic (exact) mass is 374 g/mol. The largest absolute Gasteiger partial charge is 0.396 e. The fourth-order valence-corrected chi connectivity index (χ4v) is 3.91. The van der Waals surface area contributed by atoms with E-state index < -0.39 is 16.8 Å². The fraction of sp³-hybridized carbons (Fsp3) is 0.444. The molecule has 2 aromatic heterocycles. The lowest BCUT2D eigenvalue weighted by Crippen LogP contribution is -2.34. The molecule has 0 unspecified atom stereocenters. The van der Waals surface area contributed by atoms with Crippen LogP contribution < -0.4 is 5.56 Å². The zero-order chi connectivity index (χ0) is 19.1. The first-order chi connectivity index (χ1) is 12.3. The van der Waals surface area contributed by atoms with Crippen molar-refractivity contribution in [2.45, 2.75) is 37.9 Å². The Kier molecular flexibility index (Phi) is 4.86. The summed E-state index contributed by atoms with van der Waals surface area (Å²) in [5, 5.41) is 19.3. The van der Waals surface area contributed by atoms with Crippen LogP contribution in [0.4, 0.5) is 4.39 Å². The number of thioether (sulfide) groups is 1. The maximum Gasteiger partial charge on any atom is 0.272 e. The van der Waals surface area contributed by atoms with Gasteiger partial charge in [0.1, 0.15) is 17.4 Å². The van der Waals surface area contributed by atoms with Gasteiger partial charge in [-0.3, -0.25) is 14.3 Å². The smallest absolute Gasteiger partial charge is 0.272 e. The third kappa shape index (κ3) is 3.24.